The number of hydrogen-bond donors (Lipinski definition) is 1. The van der Waals surface area contributed by atoms with Crippen molar-refractivity contribution in [3.8, 4) is 22.8 Å². The van der Waals surface area contributed by atoms with Crippen molar-refractivity contribution in [3.63, 3.8) is 0 Å². The molecule has 0 spiro atoms. The van der Waals surface area contributed by atoms with Crippen LogP contribution in [0.2, 0.25) is 0 Å². The molecule has 1 N–H and O–H groups in total. The van der Waals surface area contributed by atoms with Gasteiger partial charge >= 0.3 is 18.3 Å². The highest BCUT2D eigenvalue weighted by Crippen LogP contribution is 2.42. The maximum absolute atomic E-state index is 14.1. The van der Waals surface area contributed by atoms with E-state index in [0.717, 1.165) is 36.6 Å². The van der Waals surface area contributed by atoms with E-state index in [1.54, 1.807) is 17.0 Å². The maximum Gasteiger partial charge on any atom is 0.434 e. The van der Waals surface area contributed by atoms with E-state index in [1.165, 1.54) is 25.1 Å². The highest BCUT2D eigenvalue weighted by atomic mass is 19.4. The number of alkyl halides is 6. The van der Waals surface area contributed by atoms with Gasteiger partial charge in [0.05, 0.1) is 17.5 Å². The van der Waals surface area contributed by atoms with Crippen molar-refractivity contribution in [2.24, 2.45) is 0 Å². The van der Waals surface area contributed by atoms with E-state index >= 15 is 0 Å². The first kappa shape index (κ1) is 31.5. The summed E-state index contributed by atoms with van der Waals surface area (Å²) in [5.74, 6) is -2.62. The average molecular weight is 633 g/mol. The fourth-order valence-corrected chi connectivity index (χ4v) is 5.33. The first-order valence-electron chi connectivity index (χ1n) is 13.8. The fraction of sp³-hybridized carbons (Fsp3) is 0.290. The Bertz CT molecular complexity index is 1710. The smallest absolute Gasteiger partial charge is 0.434 e. The predicted molar refractivity (Wildman–Crippen MR) is 149 cm³/mol. The van der Waals surface area contributed by atoms with Crippen LogP contribution in [0.1, 0.15) is 58.4 Å². The minimum absolute atomic E-state index is 0.0288. The molecule has 0 atom stereocenters. The maximum atomic E-state index is 14.1. The molecule has 2 aromatic carbocycles. The molecule has 2 aromatic heterocycles. The van der Waals surface area contributed by atoms with Crippen molar-refractivity contribution in [2.45, 2.75) is 44.6 Å². The second-order valence-electron chi connectivity index (χ2n) is 10.5. The number of para-hydroxylation sites is 1. The summed E-state index contributed by atoms with van der Waals surface area (Å²) >= 11 is 0. The monoisotopic (exact) mass is 632 g/mol. The molecule has 5 rings (SSSR count). The summed E-state index contributed by atoms with van der Waals surface area (Å²) in [6, 6.07) is 14.2. The SMILES string of the molecule is CC(=O)N1CCC(c2ccc(COc3c(-c4cccc(-n5ncc(C(=O)O)c5C(F)(F)F)n4)cccc3C(F)(F)F)cc2)CC1. The Kier molecular flexibility index (Phi) is 8.59. The first-order valence-corrected chi connectivity index (χ1v) is 13.8. The van der Waals surface area contributed by atoms with Crippen LogP contribution in [0, 0.1) is 0 Å². The van der Waals surface area contributed by atoms with Gasteiger partial charge in [-0.1, -0.05) is 36.4 Å². The van der Waals surface area contributed by atoms with Crippen LogP contribution in [0.4, 0.5) is 26.3 Å². The molecule has 1 aliphatic rings. The normalized spacial score (nSPS) is 14.4. The number of amides is 1. The van der Waals surface area contributed by atoms with Crippen molar-refractivity contribution in [1.82, 2.24) is 19.7 Å². The van der Waals surface area contributed by atoms with E-state index in [-0.39, 0.29) is 34.4 Å². The summed E-state index contributed by atoms with van der Waals surface area (Å²) < 4.78 is 89.7. The molecular formula is C31H26F6N4O4. The van der Waals surface area contributed by atoms with Crippen LogP contribution >= 0.6 is 0 Å². The molecule has 4 aromatic rings. The number of carboxylic acids is 1. The number of carbonyl (C=O) groups is 2. The van der Waals surface area contributed by atoms with Gasteiger partial charge in [0.2, 0.25) is 5.91 Å². The molecule has 236 valence electrons. The van der Waals surface area contributed by atoms with E-state index < -0.39 is 46.7 Å². The van der Waals surface area contributed by atoms with Gasteiger partial charge in [-0.3, -0.25) is 4.79 Å². The molecule has 0 aliphatic carbocycles. The minimum Gasteiger partial charge on any atom is -0.488 e. The van der Waals surface area contributed by atoms with Crippen LogP contribution in [0.25, 0.3) is 17.1 Å². The van der Waals surface area contributed by atoms with Crippen molar-refractivity contribution in [2.75, 3.05) is 13.1 Å². The van der Waals surface area contributed by atoms with Crippen LogP contribution in [0.3, 0.4) is 0 Å². The second kappa shape index (κ2) is 12.3. The molecule has 1 fully saturated rings. The summed E-state index contributed by atoms with van der Waals surface area (Å²) in [5, 5.41) is 12.8. The Morgan fingerprint density at radius 3 is 2.20 bits per heavy atom. The van der Waals surface area contributed by atoms with Gasteiger partial charge in [-0.15, -0.1) is 0 Å². The van der Waals surface area contributed by atoms with Gasteiger partial charge in [0, 0.05) is 25.6 Å². The Hall–Kier alpha value is -4.88. The third-order valence-corrected chi connectivity index (χ3v) is 7.59. The number of nitrogens with zero attached hydrogens (tertiary/aromatic N) is 4. The second-order valence-corrected chi connectivity index (χ2v) is 10.5. The standard InChI is InChI=1S/C31H26F6N4O4/c1-18(42)40-14-12-21(13-15-40)20-10-8-19(9-11-20)17-45-27-22(4-2-5-24(27)30(32,33)34)25-6-3-7-26(39-25)41-28(31(35,36)37)23(16-38-41)29(43)44/h2-11,16,21H,12-15,17H2,1H3,(H,43,44). The van der Waals surface area contributed by atoms with Gasteiger partial charge in [-0.05, 0) is 54.2 Å². The number of pyridine rings is 1. The van der Waals surface area contributed by atoms with E-state index in [9.17, 15) is 41.0 Å². The first-order chi connectivity index (χ1) is 21.2. The van der Waals surface area contributed by atoms with E-state index in [2.05, 4.69) is 10.1 Å². The summed E-state index contributed by atoms with van der Waals surface area (Å²) in [7, 11) is 0. The molecule has 0 bridgehead atoms. The number of ether oxygens (including phenoxy) is 1. The minimum atomic E-state index is -5.12. The molecule has 0 radical (unpaired) electrons. The van der Waals surface area contributed by atoms with Crippen molar-refractivity contribution < 1.29 is 45.8 Å². The van der Waals surface area contributed by atoms with Crippen LogP contribution in [0.5, 0.6) is 5.75 Å². The zero-order valence-electron chi connectivity index (χ0n) is 23.7. The van der Waals surface area contributed by atoms with Gasteiger partial charge < -0.3 is 14.7 Å². The number of carbonyl (C=O) groups excluding carboxylic acids is 1. The van der Waals surface area contributed by atoms with Crippen LogP contribution < -0.4 is 4.74 Å². The van der Waals surface area contributed by atoms with E-state index in [4.69, 9.17) is 4.74 Å². The quantitative estimate of drug-likeness (QED) is 0.221. The number of halogens is 6. The molecule has 0 unspecified atom stereocenters. The van der Waals surface area contributed by atoms with E-state index in [0.29, 0.717) is 24.8 Å². The third-order valence-electron chi connectivity index (χ3n) is 7.59. The fourth-order valence-electron chi connectivity index (χ4n) is 5.33. The van der Waals surface area contributed by atoms with Gasteiger partial charge in [0.1, 0.15) is 17.9 Å². The molecule has 1 amide bonds. The molecule has 1 saturated heterocycles. The summed E-state index contributed by atoms with van der Waals surface area (Å²) in [6.45, 7) is 2.58. The lowest BCUT2D eigenvalue weighted by molar-refractivity contribution is -0.143. The van der Waals surface area contributed by atoms with Crippen molar-refractivity contribution in [1.29, 1.82) is 0 Å². The zero-order chi connectivity index (χ0) is 32.5. The largest absolute Gasteiger partial charge is 0.488 e. The van der Waals surface area contributed by atoms with Gasteiger partial charge in [-0.25, -0.2) is 14.5 Å². The Morgan fingerprint density at radius 2 is 1.60 bits per heavy atom. The molecule has 0 saturated carbocycles. The molecule has 8 nitrogen and oxygen atoms in total. The number of rotatable bonds is 7. The molecular weight excluding hydrogens is 606 g/mol. The van der Waals surface area contributed by atoms with Crippen molar-refractivity contribution in [3.05, 3.63) is 94.8 Å². The Morgan fingerprint density at radius 1 is 0.933 bits per heavy atom. The number of hydrogen-bond acceptors (Lipinski definition) is 5. The lowest BCUT2D eigenvalue weighted by atomic mass is 9.89. The highest BCUT2D eigenvalue weighted by Gasteiger charge is 2.41. The third kappa shape index (κ3) is 6.79. The number of piperidine rings is 1. The molecule has 45 heavy (non-hydrogen) atoms. The van der Waals surface area contributed by atoms with Crippen LogP contribution in [0.15, 0.2) is 66.9 Å². The lowest BCUT2D eigenvalue weighted by Gasteiger charge is -2.31. The summed E-state index contributed by atoms with van der Waals surface area (Å²) in [4.78, 5) is 28.9. The Balaban J connectivity index is 1.44. The van der Waals surface area contributed by atoms with Gasteiger partial charge in [-0.2, -0.15) is 31.4 Å². The Labute approximate surface area is 252 Å². The number of aromatic nitrogens is 3. The van der Waals surface area contributed by atoms with Crippen LogP contribution in [-0.4, -0.2) is 49.7 Å². The van der Waals surface area contributed by atoms with Gasteiger partial charge in [0.15, 0.2) is 11.5 Å². The molecule has 1 aliphatic heterocycles. The van der Waals surface area contributed by atoms with Crippen LogP contribution in [-0.2, 0) is 23.8 Å². The predicted octanol–water partition coefficient (Wildman–Crippen LogP) is 6.98. The number of aromatic carboxylic acids is 1. The molecule has 3 heterocycles. The average Bonchev–Trinajstić information content (AvgIpc) is 3.47. The zero-order valence-corrected chi connectivity index (χ0v) is 23.7. The summed E-state index contributed by atoms with van der Waals surface area (Å²) in [6.07, 6.45) is -7.83. The lowest BCUT2D eigenvalue weighted by Crippen LogP contribution is -2.36. The number of benzene rings is 2. The molecule has 14 heteroatoms. The van der Waals surface area contributed by atoms with Gasteiger partial charge in [0.25, 0.3) is 0 Å². The highest BCUT2D eigenvalue weighted by molar-refractivity contribution is 5.89. The number of carboxylic acid groups (broad SMARTS) is 1. The van der Waals surface area contributed by atoms with Crippen molar-refractivity contribution >= 4 is 11.9 Å². The number of likely N-dealkylation sites (tertiary alicyclic amines) is 1. The van der Waals surface area contributed by atoms with E-state index in [1.807, 2.05) is 12.1 Å². The topological polar surface area (TPSA) is 97.6 Å². The summed E-state index contributed by atoms with van der Waals surface area (Å²) in [5.41, 5.74) is -2.47.